The highest BCUT2D eigenvalue weighted by Crippen LogP contribution is 2.36. The molecule has 1 atom stereocenters. The Balaban J connectivity index is 1.62. The number of carbonyl (C=O) groups is 4. The fraction of sp³-hybridized carbons (Fsp3) is 0.367. The van der Waals surface area contributed by atoms with Crippen molar-refractivity contribution in [2.45, 2.75) is 58.2 Å². The van der Waals surface area contributed by atoms with E-state index in [1.807, 2.05) is 6.92 Å². The number of nitrogens with two attached hydrogens (primary N) is 1. The van der Waals surface area contributed by atoms with Crippen LogP contribution in [-0.4, -0.2) is 57.2 Å². The Kier molecular flexibility index (Phi) is 8.56. The molecule has 0 saturated carbocycles. The van der Waals surface area contributed by atoms with Gasteiger partial charge in [-0.3, -0.25) is 28.9 Å². The number of benzene rings is 2. The number of halogens is 2. The predicted octanol–water partition coefficient (Wildman–Crippen LogP) is 4.15. The molecule has 1 saturated heterocycles. The normalized spacial score (nSPS) is 16.4. The zero-order valence-electron chi connectivity index (χ0n) is 23.0. The first-order chi connectivity index (χ1) is 20.1. The minimum absolute atomic E-state index is 0.0987. The Labute approximate surface area is 251 Å². The molecule has 3 aromatic rings. The molecule has 0 aliphatic carbocycles. The summed E-state index contributed by atoms with van der Waals surface area (Å²) in [5.41, 5.74) is 5.80. The maximum absolute atomic E-state index is 14.0. The second-order valence-electron chi connectivity index (χ2n) is 10.4. The molecular formula is C30H30Cl2N4O6. The molecule has 220 valence electrons. The number of unbranched alkanes of at least 4 members (excludes halogenated alkanes) is 1. The number of primary amides is 1. The first-order valence-corrected chi connectivity index (χ1v) is 14.6. The summed E-state index contributed by atoms with van der Waals surface area (Å²) in [6, 6.07) is 8.78. The summed E-state index contributed by atoms with van der Waals surface area (Å²) in [5, 5.41) is 0.964. The molecule has 12 heteroatoms. The van der Waals surface area contributed by atoms with Crippen LogP contribution >= 0.6 is 23.2 Å². The van der Waals surface area contributed by atoms with Crippen LogP contribution < -0.4 is 16.0 Å². The Morgan fingerprint density at radius 1 is 1.02 bits per heavy atom. The van der Waals surface area contributed by atoms with Gasteiger partial charge in [-0.2, -0.15) is 0 Å². The fourth-order valence-corrected chi connectivity index (χ4v) is 5.90. The van der Waals surface area contributed by atoms with E-state index in [0.717, 1.165) is 11.3 Å². The van der Waals surface area contributed by atoms with Crippen molar-refractivity contribution in [1.82, 2.24) is 14.4 Å². The molecule has 3 heterocycles. The highest BCUT2D eigenvalue weighted by Gasteiger charge is 2.37. The second kappa shape index (κ2) is 12.1. The lowest BCUT2D eigenvalue weighted by atomic mass is 10.1. The van der Waals surface area contributed by atoms with Gasteiger partial charge in [-0.25, -0.2) is 0 Å². The van der Waals surface area contributed by atoms with Crippen molar-refractivity contribution in [1.29, 1.82) is 0 Å². The van der Waals surface area contributed by atoms with Gasteiger partial charge < -0.3 is 19.9 Å². The Morgan fingerprint density at radius 2 is 1.67 bits per heavy atom. The quantitative estimate of drug-likeness (QED) is 0.270. The first-order valence-electron chi connectivity index (χ1n) is 13.8. The molecule has 0 bridgehead atoms. The molecule has 1 aromatic heterocycles. The summed E-state index contributed by atoms with van der Waals surface area (Å²) >= 11 is 12.6. The van der Waals surface area contributed by atoms with Gasteiger partial charge in [0.25, 0.3) is 17.4 Å². The number of fused-ring (bicyclic) bond motifs is 2. The van der Waals surface area contributed by atoms with E-state index in [-0.39, 0.29) is 63.4 Å². The van der Waals surface area contributed by atoms with Gasteiger partial charge in [0.05, 0.1) is 45.4 Å². The fourth-order valence-electron chi connectivity index (χ4n) is 5.58. The molecule has 0 unspecified atom stereocenters. The second-order valence-corrected chi connectivity index (χ2v) is 11.2. The predicted molar refractivity (Wildman–Crippen MR) is 158 cm³/mol. The number of nitrogens with zero attached hydrogens (tertiary/aromatic N) is 3. The van der Waals surface area contributed by atoms with Crippen LogP contribution in [0.5, 0.6) is 5.75 Å². The van der Waals surface area contributed by atoms with Crippen molar-refractivity contribution in [3.63, 3.8) is 0 Å². The monoisotopic (exact) mass is 612 g/mol. The van der Waals surface area contributed by atoms with E-state index >= 15 is 0 Å². The number of amides is 4. The van der Waals surface area contributed by atoms with Crippen LogP contribution in [0.1, 0.15) is 65.4 Å². The maximum Gasteiger partial charge on any atom is 0.261 e. The molecule has 42 heavy (non-hydrogen) atoms. The summed E-state index contributed by atoms with van der Waals surface area (Å²) < 4.78 is 7.58. The van der Waals surface area contributed by atoms with E-state index in [4.69, 9.17) is 33.7 Å². The largest absolute Gasteiger partial charge is 0.491 e. The van der Waals surface area contributed by atoms with Gasteiger partial charge >= 0.3 is 0 Å². The topological polar surface area (TPSA) is 132 Å². The molecule has 4 amide bonds. The minimum atomic E-state index is -0.697. The third kappa shape index (κ3) is 5.36. The van der Waals surface area contributed by atoms with Gasteiger partial charge in [-0.05, 0) is 43.5 Å². The zero-order valence-corrected chi connectivity index (χ0v) is 24.5. The number of imide groups is 1. The summed E-state index contributed by atoms with van der Waals surface area (Å²) in [5.74, 6) is -1.64. The smallest absolute Gasteiger partial charge is 0.261 e. The van der Waals surface area contributed by atoms with E-state index in [1.165, 1.54) is 21.6 Å². The number of aromatic nitrogens is 1. The van der Waals surface area contributed by atoms with E-state index in [2.05, 4.69) is 0 Å². The van der Waals surface area contributed by atoms with E-state index < -0.39 is 29.3 Å². The number of rotatable bonds is 10. The molecule has 0 spiro atoms. The number of hydrogen-bond acceptors (Lipinski definition) is 6. The summed E-state index contributed by atoms with van der Waals surface area (Å²) in [4.78, 5) is 68.2. The third-order valence-corrected chi connectivity index (χ3v) is 8.47. The van der Waals surface area contributed by atoms with E-state index in [1.54, 1.807) is 24.3 Å². The van der Waals surface area contributed by atoms with Gasteiger partial charge in [-0.15, -0.1) is 0 Å². The van der Waals surface area contributed by atoms with Crippen LogP contribution in [-0.2, 0) is 22.7 Å². The Bertz CT molecular complexity index is 1630. The lowest BCUT2D eigenvalue weighted by Gasteiger charge is -2.25. The number of likely N-dealkylation sites (tertiary alicyclic amines) is 1. The van der Waals surface area contributed by atoms with Crippen molar-refractivity contribution >= 4 is 57.6 Å². The van der Waals surface area contributed by atoms with Crippen LogP contribution in [0.25, 0.3) is 10.8 Å². The van der Waals surface area contributed by atoms with E-state index in [9.17, 15) is 24.0 Å². The van der Waals surface area contributed by atoms with E-state index in [0.29, 0.717) is 37.8 Å². The molecule has 2 aromatic carbocycles. The Morgan fingerprint density at radius 3 is 2.29 bits per heavy atom. The molecule has 0 radical (unpaired) electrons. The highest BCUT2D eigenvalue weighted by molar-refractivity contribution is 6.42. The molecule has 10 nitrogen and oxygen atoms in total. The average Bonchev–Trinajstić information content (AvgIpc) is 3.56. The number of hydrogen-bond donors (Lipinski definition) is 1. The molecule has 1 fully saturated rings. The van der Waals surface area contributed by atoms with Crippen LogP contribution in [0.3, 0.4) is 0 Å². The van der Waals surface area contributed by atoms with Crippen molar-refractivity contribution in [2.75, 3.05) is 13.2 Å². The van der Waals surface area contributed by atoms with Gasteiger partial charge in [0.1, 0.15) is 11.8 Å². The van der Waals surface area contributed by atoms with Crippen LogP contribution in [0.2, 0.25) is 10.0 Å². The van der Waals surface area contributed by atoms with Gasteiger partial charge in [0.2, 0.25) is 11.8 Å². The third-order valence-electron chi connectivity index (χ3n) is 7.75. The first kappa shape index (κ1) is 29.6. The van der Waals surface area contributed by atoms with Crippen molar-refractivity contribution < 1.29 is 23.9 Å². The summed E-state index contributed by atoms with van der Waals surface area (Å²) in [6.45, 7) is 2.31. The molecule has 2 N–H and O–H groups in total. The SMILES string of the molecule is CCCCOc1c(CN2C(=O)c3ccccc3C2=O)n(CCC(=O)N2CCC[C@H]2C(N)=O)c(=O)c2cc(Cl)c(Cl)cc12. The average molecular weight is 613 g/mol. The number of carbonyl (C=O) groups excluding carboxylic acids is 4. The summed E-state index contributed by atoms with van der Waals surface area (Å²) in [6.07, 6.45) is 2.55. The standard InChI is InChI=1S/C30H30Cl2N4O6/c1-2-3-13-42-26-19-14-21(31)22(32)15-20(19)30(41)35(12-10-25(37)34-11-6-9-23(34)27(33)38)24(26)16-36-28(39)17-7-4-5-8-18(17)29(36)40/h4-5,7-8,14-15,23H,2-3,6,9-13,16H2,1H3,(H2,33,38)/t23-/m0/s1. The number of ether oxygens (including phenoxy) is 1. The van der Waals surface area contributed by atoms with Crippen LogP contribution in [0, 0.1) is 0 Å². The molecule has 2 aliphatic heterocycles. The molecule has 2 aliphatic rings. The van der Waals surface area contributed by atoms with Crippen molar-refractivity contribution in [3.8, 4) is 5.75 Å². The summed E-state index contributed by atoms with van der Waals surface area (Å²) in [7, 11) is 0. The minimum Gasteiger partial charge on any atom is -0.491 e. The van der Waals surface area contributed by atoms with Crippen LogP contribution in [0.4, 0.5) is 0 Å². The van der Waals surface area contributed by atoms with Gasteiger partial charge in [-0.1, -0.05) is 48.7 Å². The Hall–Kier alpha value is -3.89. The zero-order chi connectivity index (χ0) is 30.1. The van der Waals surface area contributed by atoms with Crippen molar-refractivity contribution in [3.05, 3.63) is 73.6 Å². The lowest BCUT2D eigenvalue weighted by molar-refractivity contribution is -0.137. The van der Waals surface area contributed by atoms with Gasteiger partial charge in [0, 0.05) is 24.9 Å². The highest BCUT2D eigenvalue weighted by atomic mass is 35.5. The van der Waals surface area contributed by atoms with Crippen LogP contribution in [0.15, 0.2) is 41.2 Å². The van der Waals surface area contributed by atoms with Crippen molar-refractivity contribution in [2.24, 2.45) is 5.73 Å². The maximum atomic E-state index is 14.0. The van der Waals surface area contributed by atoms with Gasteiger partial charge in [0.15, 0.2) is 0 Å². The molecular weight excluding hydrogens is 583 g/mol. The number of pyridine rings is 1. The molecule has 5 rings (SSSR count). The lowest BCUT2D eigenvalue weighted by Crippen LogP contribution is -2.44.